The van der Waals surface area contributed by atoms with Gasteiger partial charge in [0.2, 0.25) is 11.8 Å². The summed E-state index contributed by atoms with van der Waals surface area (Å²) in [6, 6.07) is 19.2. The second kappa shape index (κ2) is 13.4. The molecule has 1 fully saturated rings. The van der Waals surface area contributed by atoms with Crippen LogP contribution in [0.4, 0.5) is 24.5 Å². The summed E-state index contributed by atoms with van der Waals surface area (Å²) in [7, 11) is 3.35. The van der Waals surface area contributed by atoms with Gasteiger partial charge in [0.05, 0.1) is 11.3 Å². The van der Waals surface area contributed by atoms with Crippen LogP contribution in [0.5, 0.6) is 0 Å². The van der Waals surface area contributed by atoms with Crippen molar-refractivity contribution in [3.8, 4) is 0 Å². The van der Waals surface area contributed by atoms with Gasteiger partial charge < -0.3 is 20.9 Å². The van der Waals surface area contributed by atoms with Crippen molar-refractivity contribution in [1.82, 2.24) is 4.90 Å². The largest absolute Gasteiger partial charge is 0.416 e. The van der Waals surface area contributed by atoms with Gasteiger partial charge in [-0.1, -0.05) is 42.5 Å². The predicted molar refractivity (Wildman–Crippen MR) is 168 cm³/mol. The Hall–Kier alpha value is -4.18. The van der Waals surface area contributed by atoms with Crippen molar-refractivity contribution in [2.24, 2.45) is 17.6 Å². The van der Waals surface area contributed by atoms with E-state index in [0.29, 0.717) is 42.6 Å². The summed E-state index contributed by atoms with van der Waals surface area (Å²) in [6.45, 7) is 0.236. The molecule has 45 heavy (non-hydrogen) atoms. The quantitative estimate of drug-likeness (QED) is 0.303. The maximum absolute atomic E-state index is 14.3. The van der Waals surface area contributed by atoms with Gasteiger partial charge in [-0.2, -0.15) is 13.2 Å². The summed E-state index contributed by atoms with van der Waals surface area (Å²) in [5, 5.41) is 3.28. The first-order chi connectivity index (χ1) is 21.5. The molecule has 0 aromatic heterocycles. The van der Waals surface area contributed by atoms with E-state index < -0.39 is 23.7 Å². The Labute approximate surface area is 261 Å². The van der Waals surface area contributed by atoms with Crippen molar-refractivity contribution >= 4 is 29.0 Å². The van der Waals surface area contributed by atoms with E-state index in [1.54, 1.807) is 37.2 Å². The van der Waals surface area contributed by atoms with E-state index in [9.17, 15) is 27.6 Å². The lowest BCUT2D eigenvalue weighted by atomic mass is 9.66. The summed E-state index contributed by atoms with van der Waals surface area (Å²) in [6.07, 6.45) is -2.32. The van der Waals surface area contributed by atoms with Crippen LogP contribution in [0.1, 0.15) is 59.2 Å². The molecule has 4 atom stereocenters. The van der Waals surface area contributed by atoms with Crippen LogP contribution >= 0.6 is 0 Å². The molecule has 0 spiro atoms. The third-order valence-electron chi connectivity index (χ3n) is 9.02. The van der Waals surface area contributed by atoms with Crippen molar-refractivity contribution < 1.29 is 27.6 Å². The van der Waals surface area contributed by atoms with Crippen molar-refractivity contribution in [2.75, 3.05) is 24.3 Å². The Bertz CT molecular complexity index is 1540. The topological polar surface area (TPSA) is 95.7 Å². The molecule has 7 nitrogen and oxygen atoms in total. The molecule has 0 bridgehead atoms. The van der Waals surface area contributed by atoms with Crippen molar-refractivity contribution in [1.29, 1.82) is 0 Å². The third-order valence-corrected chi connectivity index (χ3v) is 9.02. The number of amides is 2. The highest BCUT2D eigenvalue weighted by molar-refractivity contribution is 6.11. The Morgan fingerprint density at radius 3 is 2.40 bits per heavy atom. The number of benzene rings is 3. The third kappa shape index (κ3) is 7.22. The maximum atomic E-state index is 14.3. The van der Waals surface area contributed by atoms with Gasteiger partial charge in [-0.05, 0) is 73.1 Å². The first-order valence-electron chi connectivity index (χ1n) is 15.3. The molecule has 2 amide bonds. The Balaban J connectivity index is 1.52. The SMILES string of the molecule is CN(C)C(=O)CCC1CC(Nc2cccc(C(F)(F)F)c2)CC2C1C(=O)c1cc(CN)ccc1N2C(=O)CCc1ccccc1. The molecule has 1 aliphatic carbocycles. The van der Waals surface area contributed by atoms with Gasteiger partial charge >= 0.3 is 6.18 Å². The Morgan fingerprint density at radius 2 is 1.71 bits per heavy atom. The van der Waals surface area contributed by atoms with Crippen LogP contribution in [0.25, 0.3) is 0 Å². The van der Waals surface area contributed by atoms with E-state index in [0.717, 1.165) is 23.3 Å². The minimum Gasteiger partial charge on any atom is -0.382 e. The highest BCUT2D eigenvalue weighted by Gasteiger charge is 2.50. The zero-order valence-electron chi connectivity index (χ0n) is 25.5. The molecule has 10 heteroatoms. The number of nitrogens with zero attached hydrogens (tertiary/aromatic N) is 2. The zero-order valence-corrected chi connectivity index (χ0v) is 25.5. The molecule has 2 aliphatic rings. The van der Waals surface area contributed by atoms with Gasteiger partial charge in [-0.3, -0.25) is 14.4 Å². The van der Waals surface area contributed by atoms with Gasteiger partial charge in [-0.25, -0.2) is 0 Å². The van der Waals surface area contributed by atoms with Crippen molar-refractivity contribution in [3.05, 3.63) is 95.1 Å². The summed E-state index contributed by atoms with van der Waals surface area (Å²) in [5.74, 6) is -1.16. The van der Waals surface area contributed by atoms with Gasteiger partial charge in [0.15, 0.2) is 5.78 Å². The lowest BCUT2D eigenvalue weighted by Crippen LogP contribution is -2.58. The van der Waals surface area contributed by atoms with Crippen LogP contribution < -0.4 is 16.0 Å². The van der Waals surface area contributed by atoms with Gasteiger partial charge in [0, 0.05) is 62.7 Å². The van der Waals surface area contributed by atoms with E-state index in [4.69, 9.17) is 5.73 Å². The molecule has 1 aliphatic heterocycles. The first kappa shape index (κ1) is 32.2. The fraction of sp³-hybridized carbons (Fsp3) is 0.400. The standard InChI is InChI=1S/C35H39F3N4O3/c1-41(2)31(43)16-13-24-18-27(40-26-10-6-9-25(19-26)35(36,37)38)20-30-33(24)34(45)28-17-23(21-39)11-14-29(28)42(30)32(44)15-12-22-7-4-3-5-8-22/h3-11,14,17,19,24,27,30,33,40H,12-13,15-16,18,20-21,39H2,1-2H3. The molecule has 238 valence electrons. The number of ketones is 1. The second-order valence-electron chi connectivity index (χ2n) is 12.2. The number of carbonyl (C=O) groups excluding carboxylic acids is 3. The van der Waals surface area contributed by atoms with Crippen LogP contribution in [-0.4, -0.2) is 48.7 Å². The fourth-order valence-corrected chi connectivity index (χ4v) is 6.80. The van der Waals surface area contributed by atoms with E-state index >= 15 is 0 Å². The monoisotopic (exact) mass is 620 g/mol. The number of anilines is 2. The first-order valence-corrected chi connectivity index (χ1v) is 15.3. The number of alkyl halides is 3. The van der Waals surface area contributed by atoms with E-state index in [-0.39, 0.29) is 48.9 Å². The maximum Gasteiger partial charge on any atom is 0.416 e. The number of hydrogen-bond donors (Lipinski definition) is 2. The Morgan fingerprint density at radius 1 is 0.956 bits per heavy atom. The minimum absolute atomic E-state index is 0.0793. The summed E-state index contributed by atoms with van der Waals surface area (Å²) in [4.78, 5) is 44.3. The summed E-state index contributed by atoms with van der Waals surface area (Å²) in [5.41, 5.74) is 8.24. The average molecular weight is 621 g/mol. The minimum atomic E-state index is -4.49. The molecule has 5 rings (SSSR count). The molecule has 0 radical (unpaired) electrons. The molecule has 4 unspecified atom stereocenters. The van der Waals surface area contributed by atoms with Gasteiger partial charge in [0.1, 0.15) is 0 Å². The number of aryl methyl sites for hydroxylation is 1. The van der Waals surface area contributed by atoms with Crippen LogP contribution in [0.15, 0.2) is 72.8 Å². The Kier molecular flexibility index (Phi) is 9.62. The van der Waals surface area contributed by atoms with Crippen molar-refractivity contribution in [3.63, 3.8) is 0 Å². The fourth-order valence-electron chi connectivity index (χ4n) is 6.80. The van der Waals surface area contributed by atoms with Crippen LogP contribution in [-0.2, 0) is 28.7 Å². The van der Waals surface area contributed by atoms with Crippen LogP contribution in [0, 0.1) is 11.8 Å². The van der Waals surface area contributed by atoms with Crippen LogP contribution in [0.3, 0.4) is 0 Å². The molecule has 3 N–H and O–H groups in total. The van der Waals surface area contributed by atoms with E-state index in [2.05, 4.69) is 5.32 Å². The normalized spacial score (nSPS) is 21.1. The number of Topliss-reactive ketones (excluding diaryl/α,β-unsaturated/α-hetero) is 1. The molecule has 0 saturated heterocycles. The zero-order chi connectivity index (χ0) is 32.3. The lowest BCUT2D eigenvalue weighted by molar-refractivity contribution is -0.137. The highest BCUT2D eigenvalue weighted by atomic mass is 19.4. The lowest BCUT2D eigenvalue weighted by Gasteiger charge is -2.49. The number of carbonyl (C=O) groups is 3. The van der Waals surface area contributed by atoms with E-state index in [1.807, 2.05) is 36.4 Å². The van der Waals surface area contributed by atoms with E-state index in [1.165, 1.54) is 11.0 Å². The number of halogens is 3. The van der Waals surface area contributed by atoms with Gasteiger partial charge in [-0.15, -0.1) is 0 Å². The predicted octanol–water partition coefficient (Wildman–Crippen LogP) is 6.07. The number of hydrogen-bond acceptors (Lipinski definition) is 5. The highest BCUT2D eigenvalue weighted by Crippen LogP contribution is 2.46. The summed E-state index contributed by atoms with van der Waals surface area (Å²) < 4.78 is 40.5. The molecule has 1 saturated carbocycles. The molecular formula is C35H39F3N4O3. The molecular weight excluding hydrogens is 581 g/mol. The number of nitrogens with two attached hydrogens (primary N) is 1. The van der Waals surface area contributed by atoms with Crippen LogP contribution in [0.2, 0.25) is 0 Å². The van der Waals surface area contributed by atoms with Crippen molar-refractivity contribution in [2.45, 2.75) is 63.3 Å². The second-order valence-corrected chi connectivity index (χ2v) is 12.2. The molecule has 1 heterocycles. The van der Waals surface area contributed by atoms with Gasteiger partial charge in [0.25, 0.3) is 0 Å². The number of rotatable bonds is 9. The smallest absolute Gasteiger partial charge is 0.382 e. The number of nitrogens with one attached hydrogen (secondary N) is 1. The molecule has 3 aromatic rings. The number of fused-ring (bicyclic) bond motifs is 2. The average Bonchev–Trinajstić information content (AvgIpc) is 3.02. The molecule has 3 aromatic carbocycles. The summed E-state index contributed by atoms with van der Waals surface area (Å²) >= 11 is 0.